The maximum atomic E-state index is 13.0. The first-order valence-electron chi connectivity index (χ1n) is 10.1. The van der Waals surface area contributed by atoms with Crippen LogP contribution < -0.4 is 5.32 Å². The molecule has 3 heterocycles. The summed E-state index contributed by atoms with van der Waals surface area (Å²) in [5, 5.41) is 10.9. The third-order valence-electron chi connectivity index (χ3n) is 5.39. The fourth-order valence-electron chi connectivity index (χ4n) is 3.69. The highest BCUT2D eigenvalue weighted by molar-refractivity contribution is 6.02. The molecule has 0 aliphatic rings. The number of nitrogens with one attached hydrogen (secondary N) is 3. The maximum absolute atomic E-state index is 13.0. The number of hydrogen-bond donors (Lipinski definition) is 3. The van der Waals surface area contributed by atoms with Crippen LogP contribution in [0.1, 0.15) is 34.7 Å². The molecule has 0 saturated carbocycles. The lowest BCUT2D eigenvalue weighted by molar-refractivity contribution is -0.137. The minimum Gasteiger partial charge on any atom is -0.343 e. The highest BCUT2D eigenvalue weighted by atomic mass is 19.4. The van der Waals surface area contributed by atoms with Crippen molar-refractivity contribution >= 4 is 27.8 Å². The number of aromatic amines is 2. The largest absolute Gasteiger partial charge is 0.416 e. The number of imidazole rings is 1. The van der Waals surface area contributed by atoms with Crippen LogP contribution in [0.25, 0.3) is 33.2 Å². The van der Waals surface area contributed by atoms with Gasteiger partial charge in [-0.15, -0.1) is 0 Å². The Labute approximate surface area is 185 Å². The summed E-state index contributed by atoms with van der Waals surface area (Å²) in [6, 6.07) is 11.6. The number of rotatable bonds is 4. The third kappa shape index (κ3) is 3.91. The number of amides is 1. The summed E-state index contributed by atoms with van der Waals surface area (Å²) in [6.07, 6.45) is -1.10. The Morgan fingerprint density at radius 1 is 1.06 bits per heavy atom. The van der Waals surface area contributed by atoms with E-state index in [-0.39, 0.29) is 5.82 Å². The summed E-state index contributed by atoms with van der Waals surface area (Å²) in [5.74, 6) is -0.456. The molecule has 3 aromatic heterocycles. The second kappa shape index (κ2) is 7.73. The Morgan fingerprint density at radius 3 is 2.61 bits per heavy atom. The number of carbonyl (C=O) groups excluding carboxylic acids is 1. The first kappa shape index (κ1) is 20.7. The lowest BCUT2D eigenvalue weighted by Crippen LogP contribution is -2.27. The average molecular weight is 450 g/mol. The summed E-state index contributed by atoms with van der Waals surface area (Å²) < 4.78 is 39.0. The number of benzene rings is 2. The Bertz CT molecular complexity index is 1470. The van der Waals surface area contributed by atoms with Crippen molar-refractivity contribution in [2.75, 3.05) is 0 Å². The number of pyridine rings is 1. The molecule has 0 saturated heterocycles. The van der Waals surface area contributed by atoms with Crippen molar-refractivity contribution in [1.82, 2.24) is 30.5 Å². The molecule has 166 valence electrons. The molecule has 1 atom stereocenters. The highest BCUT2D eigenvalue weighted by Gasteiger charge is 2.31. The van der Waals surface area contributed by atoms with Crippen LogP contribution in [0.4, 0.5) is 13.2 Å². The van der Waals surface area contributed by atoms with Crippen molar-refractivity contribution in [2.24, 2.45) is 0 Å². The fourth-order valence-corrected chi connectivity index (χ4v) is 3.69. The number of H-pyrrole nitrogens is 2. The molecule has 0 radical (unpaired) electrons. The summed E-state index contributed by atoms with van der Waals surface area (Å²) in [5.41, 5.74) is 3.16. The molecule has 0 unspecified atom stereocenters. The van der Waals surface area contributed by atoms with Gasteiger partial charge in [-0.05, 0) is 48.9 Å². The zero-order chi connectivity index (χ0) is 23.2. The Balaban J connectivity index is 1.42. The van der Waals surface area contributed by atoms with E-state index in [1.807, 2.05) is 24.3 Å². The van der Waals surface area contributed by atoms with Gasteiger partial charge < -0.3 is 10.3 Å². The second-order valence-corrected chi connectivity index (χ2v) is 7.63. The van der Waals surface area contributed by atoms with Gasteiger partial charge in [0.05, 0.1) is 28.2 Å². The molecule has 2 aromatic carbocycles. The van der Waals surface area contributed by atoms with Crippen LogP contribution in [-0.2, 0) is 6.18 Å². The molecule has 1 amide bonds. The van der Waals surface area contributed by atoms with Gasteiger partial charge in [0, 0.05) is 23.3 Å². The predicted molar refractivity (Wildman–Crippen MR) is 116 cm³/mol. The van der Waals surface area contributed by atoms with E-state index in [0.29, 0.717) is 16.6 Å². The molecule has 10 heteroatoms. The molecule has 0 aliphatic carbocycles. The maximum Gasteiger partial charge on any atom is 0.416 e. The van der Waals surface area contributed by atoms with E-state index in [4.69, 9.17) is 0 Å². The molecule has 0 aliphatic heterocycles. The van der Waals surface area contributed by atoms with Gasteiger partial charge in [-0.2, -0.15) is 18.3 Å². The number of halogens is 3. The van der Waals surface area contributed by atoms with Crippen molar-refractivity contribution in [1.29, 1.82) is 0 Å². The van der Waals surface area contributed by atoms with Crippen LogP contribution >= 0.6 is 0 Å². The van der Waals surface area contributed by atoms with E-state index >= 15 is 0 Å². The third-order valence-corrected chi connectivity index (χ3v) is 5.39. The Hall–Kier alpha value is -4.21. The van der Waals surface area contributed by atoms with Crippen molar-refractivity contribution in [2.45, 2.75) is 19.1 Å². The fraction of sp³-hybridized carbons (Fsp3) is 0.130. The lowest BCUT2D eigenvalue weighted by atomic mass is 10.0. The molecular formula is C23H17F3N6O. The Kier molecular flexibility index (Phi) is 4.85. The van der Waals surface area contributed by atoms with Gasteiger partial charge in [-0.25, -0.2) is 4.98 Å². The van der Waals surface area contributed by atoms with Crippen LogP contribution in [-0.4, -0.2) is 31.1 Å². The van der Waals surface area contributed by atoms with Crippen LogP contribution in [0, 0.1) is 0 Å². The van der Waals surface area contributed by atoms with Crippen LogP contribution in [0.5, 0.6) is 0 Å². The number of fused-ring (bicyclic) bond motifs is 2. The predicted octanol–water partition coefficient (Wildman–Crippen LogP) is 5.01. The summed E-state index contributed by atoms with van der Waals surface area (Å²) in [7, 11) is 0. The number of aromatic nitrogens is 5. The van der Waals surface area contributed by atoms with Crippen molar-refractivity contribution in [3.8, 4) is 11.3 Å². The Morgan fingerprint density at radius 2 is 1.85 bits per heavy atom. The van der Waals surface area contributed by atoms with Crippen molar-refractivity contribution in [3.05, 3.63) is 77.9 Å². The zero-order valence-electron chi connectivity index (χ0n) is 17.2. The first-order chi connectivity index (χ1) is 15.8. The van der Waals surface area contributed by atoms with Gasteiger partial charge in [-0.1, -0.05) is 12.1 Å². The monoisotopic (exact) mass is 450 g/mol. The molecule has 5 aromatic rings. The molecular weight excluding hydrogens is 433 g/mol. The van der Waals surface area contributed by atoms with Gasteiger partial charge in [-0.3, -0.25) is 14.9 Å². The quantitative estimate of drug-likeness (QED) is 0.358. The standard InChI is InChI=1S/C23H17F3N6O/c1-12(14-3-2-4-15(9-14)23(24,25)26)28-22(33)21-29-18-10-16-17(11-19(18)30-21)31-32-20(16)13-5-7-27-8-6-13/h2-12H,1H3,(H,28,33)(H,29,30)(H,31,32)/t12-/m1/s1. The highest BCUT2D eigenvalue weighted by Crippen LogP contribution is 2.31. The van der Waals surface area contributed by atoms with Crippen LogP contribution in [0.3, 0.4) is 0 Å². The van der Waals surface area contributed by atoms with Gasteiger partial charge in [0.2, 0.25) is 0 Å². The van der Waals surface area contributed by atoms with E-state index in [2.05, 4.69) is 30.5 Å². The van der Waals surface area contributed by atoms with Crippen molar-refractivity contribution < 1.29 is 18.0 Å². The molecule has 3 N–H and O–H groups in total. The number of hydrogen-bond acceptors (Lipinski definition) is 4. The van der Waals surface area contributed by atoms with Gasteiger partial charge in [0.15, 0.2) is 5.82 Å². The molecule has 7 nitrogen and oxygen atoms in total. The zero-order valence-corrected chi connectivity index (χ0v) is 17.2. The lowest BCUT2D eigenvalue weighted by Gasteiger charge is -2.15. The molecule has 0 spiro atoms. The molecule has 33 heavy (non-hydrogen) atoms. The van der Waals surface area contributed by atoms with E-state index < -0.39 is 23.7 Å². The first-order valence-corrected chi connectivity index (χ1v) is 10.1. The molecule has 0 fully saturated rings. The SMILES string of the molecule is C[C@@H](NC(=O)c1nc2cc3c(-c4ccncc4)n[nH]c3cc2[nH]1)c1cccc(C(F)(F)F)c1. The number of carbonyl (C=O) groups is 1. The van der Waals surface area contributed by atoms with Crippen LogP contribution in [0.2, 0.25) is 0 Å². The van der Waals surface area contributed by atoms with E-state index in [9.17, 15) is 18.0 Å². The van der Waals surface area contributed by atoms with Crippen LogP contribution in [0.15, 0.2) is 60.9 Å². The summed E-state index contributed by atoms with van der Waals surface area (Å²) >= 11 is 0. The number of alkyl halides is 3. The van der Waals surface area contributed by atoms with Gasteiger partial charge in [0.25, 0.3) is 5.91 Å². The molecule has 0 bridgehead atoms. The minimum absolute atomic E-state index is 0.0647. The normalized spacial score (nSPS) is 12.8. The van der Waals surface area contributed by atoms with E-state index in [1.165, 1.54) is 12.1 Å². The van der Waals surface area contributed by atoms with Crippen molar-refractivity contribution in [3.63, 3.8) is 0 Å². The summed E-state index contributed by atoms with van der Waals surface area (Å²) in [4.78, 5) is 24.1. The second-order valence-electron chi connectivity index (χ2n) is 7.63. The summed E-state index contributed by atoms with van der Waals surface area (Å²) in [6.45, 7) is 1.62. The minimum atomic E-state index is -4.45. The topological polar surface area (TPSA) is 99.3 Å². The van der Waals surface area contributed by atoms with Gasteiger partial charge >= 0.3 is 6.18 Å². The smallest absolute Gasteiger partial charge is 0.343 e. The molecule has 5 rings (SSSR count). The van der Waals surface area contributed by atoms with Gasteiger partial charge in [0.1, 0.15) is 5.69 Å². The number of nitrogens with zero attached hydrogens (tertiary/aromatic N) is 3. The average Bonchev–Trinajstić information content (AvgIpc) is 3.41. The van der Waals surface area contributed by atoms with E-state index in [1.54, 1.807) is 19.3 Å². The van der Waals surface area contributed by atoms with E-state index in [0.717, 1.165) is 34.3 Å².